The summed E-state index contributed by atoms with van der Waals surface area (Å²) < 4.78 is 0. The van der Waals surface area contributed by atoms with Crippen LogP contribution in [0.2, 0.25) is 0 Å². The maximum absolute atomic E-state index is 2.36. The fraction of sp³-hybridized carbons (Fsp3) is 0.250. The smallest absolute Gasteiger partial charge is 0.000432 e. The number of hydrogen-bond acceptors (Lipinski definition) is 0. The largest absolute Gasteiger partial charge is 0.157 e. The van der Waals surface area contributed by atoms with Crippen LogP contribution in [0, 0.1) is 0 Å². The van der Waals surface area contributed by atoms with Gasteiger partial charge in [0.15, 0.2) is 0 Å². The molecule has 130 valence electrons. The minimum absolute atomic E-state index is 0.643. The van der Waals surface area contributed by atoms with Crippen LogP contribution in [-0.2, 0) is 0 Å². The van der Waals surface area contributed by atoms with Gasteiger partial charge in [-0.1, -0.05) is 74.9 Å². The molecule has 0 aliphatic heterocycles. The standard InChI is InChI=1S/C24H28S/c1-3-14-21(4-2)25(22-15-8-5-9-16-22,23-17-10-6-11-18-23)24-19-12-7-13-20-24/h5-13,15-21H,3-4,14H2,1-2H3. The molecule has 0 radical (unpaired) electrons. The van der Waals surface area contributed by atoms with Gasteiger partial charge in [0.1, 0.15) is 0 Å². The van der Waals surface area contributed by atoms with E-state index in [9.17, 15) is 0 Å². The summed E-state index contributed by atoms with van der Waals surface area (Å²) in [6.45, 7) is 4.67. The zero-order valence-corrected chi connectivity index (χ0v) is 16.1. The fourth-order valence-electron chi connectivity index (χ4n) is 3.84. The van der Waals surface area contributed by atoms with E-state index in [1.165, 1.54) is 33.9 Å². The van der Waals surface area contributed by atoms with E-state index in [1.54, 1.807) is 0 Å². The second kappa shape index (κ2) is 8.40. The topological polar surface area (TPSA) is 0 Å². The van der Waals surface area contributed by atoms with Gasteiger partial charge in [-0.3, -0.25) is 0 Å². The maximum atomic E-state index is 2.36. The highest BCUT2D eigenvalue weighted by atomic mass is 32.3. The summed E-state index contributed by atoms with van der Waals surface area (Å²) in [5, 5.41) is 0.643. The lowest BCUT2D eigenvalue weighted by atomic mass is 10.2. The molecule has 1 atom stereocenters. The van der Waals surface area contributed by atoms with Crippen LogP contribution in [-0.4, -0.2) is 5.25 Å². The van der Waals surface area contributed by atoms with Crippen molar-refractivity contribution < 1.29 is 0 Å². The van der Waals surface area contributed by atoms with Crippen LogP contribution < -0.4 is 0 Å². The van der Waals surface area contributed by atoms with Crippen molar-refractivity contribution in [3.05, 3.63) is 91.0 Å². The Morgan fingerprint density at radius 3 is 1.24 bits per heavy atom. The van der Waals surface area contributed by atoms with Gasteiger partial charge in [0.25, 0.3) is 0 Å². The predicted molar refractivity (Wildman–Crippen MR) is 111 cm³/mol. The summed E-state index contributed by atoms with van der Waals surface area (Å²) in [6.07, 6.45) is 3.67. The average Bonchev–Trinajstić information content (AvgIpc) is 2.70. The number of rotatable bonds is 7. The summed E-state index contributed by atoms with van der Waals surface area (Å²) in [6, 6.07) is 33.6. The summed E-state index contributed by atoms with van der Waals surface area (Å²) >= 11 is 0. The molecule has 0 heterocycles. The molecule has 0 aromatic heterocycles. The van der Waals surface area contributed by atoms with E-state index in [1.807, 2.05) is 0 Å². The van der Waals surface area contributed by atoms with Crippen LogP contribution in [0.15, 0.2) is 106 Å². The van der Waals surface area contributed by atoms with Crippen LogP contribution >= 0.6 is 10.0 Å². The number of hydrogen-bond donors (Lipinski definition) is 0. The first-order chi connectivity index (χ1) is 12.3. The lowest BCUT2D eigenvalue weighted by Gasteiger charge is -2.48. The van der Waals surface area contributed by atoms with Crippen molar-refractivity contribution in [2.45, 2.75) is 53.0 Å². The lowest BCUT2D eigenvalue weighted by molar-refractivity contribution is 0.707. The van der Waals surface area contributed by atoms with Crippen LogP contribution in [0.5, 0.6) is 0 Å². The first kappa shape index (κ1) is 17.8. The van der Waals surface area contributed by atoms with Crippen LogP contribution in [0.4, 0.5) is 0 Å². The van der Waals surface area contributed by atoms with Crippen molar-refractivity contribution in [3.8, 4) is 0 Å². The molecule has 0 nitrogen and oxygen atoms in total. The zero-order chi connectivity index (χ0) is 17.5. The Bertz CT molecular complexity index is 653. The number of benzene rings is 3. The molecular weight excluding hydrogens is 320 g/mol. The van der Waals surface area contributed by atoms with E-state index in [4.69, 9.17) is 0 Å². The Balaban J connectivity index is 2.35. The van der Waals surface area contributed by atoms with Crippen LogP contribution in [0.3, 0.4) is 0 Å². The summed E-state index contributed by atoms with van der Waals surface area (Å²) in [7, 11) is -1.29. The van der Waals surface area contributed by atoms with Crippen molar-refractivity contribution in [2.24, 2.45) is 0 Å². The SMILES string of the molecule is CCCC(CC)S(c1ccccc1)(c1ccccc1)c1ccccc1. The molecule has 1 heteroatoms. The van der Waals surface area contributed by atoms with Crippen molar-refractivity contribution in [1.82, 2.24) is 0 Å². The normalized spacial score (nSPS) is 13.4. The fourth-order valence-corrected chi connectivity index (χ4v) is 8.66. The van der Waals surface area contributed by atoms with Gasteiger partial charge in [0.2, 0.25) is 0 Å². The summed E-state index contributed by atoms with van der Waals surface area (Å²) in [5.41, 5.74) is 0. The predicted octanol–water partition coefficient (Wildman–Crippen LogP) is 7.55. The minimum Gasteiger partial charge on any atom is -0.157 e. The van der Waals surface area contributed by atoms with Crippen molar-refractivity contribution in [1.29, 1.82) is 0 Å². The molecule has 0 fully saturated rings. The van der Waals surface area contributed by atoms with Gasteiger partial charge in [0, 0.05) is 5.25 Å². The molecule has 0 saturated carbocycles. The molecule has 0 amide bonds. The second-order valence-corrected chi connectivity index (χ2v) is 9.82. The van der Waals surface area contributed by atoms with Crippen LogP contribution in [0.1, 0.15) is 33.1 Å². The Kier molecular flexibility index (Phi) is 5.99. The quantitative estimate of drug-likeness (QED) is 0.413. The van der Waals surface area contributed by atoms with Crippen molar-refractivity contribution in [2.75, 3.05) is 0 Å². The van der Waals surface area contributed by atoms with Gasteiger partial charge in [-0.2, -0.15) is 10.0 Å². The minimum atomic E-state index is -1.29. The molecule has 0 bridgehead atoms. The molecule has 0 spiro atoms. The van der Waals surface area contributed by atoms with E-state index < -0.39 is 10.0 Å². The van der Waals surface area contributed by atoms with Gasteiger partial charge in [-0.15, -0.1) is 0 Å². The molecule has 0 N–H and O–H groups in total. The first-order valence-corrected chi connectivity index (χ1v) is 11.0. The van der Waals surface area contributed by atoms with Crippen molar-refractivity contribution in [3.63, 3.8) is 0 Å². The lowest BCUT2D eigenvalue weighted by Crippen LogP contribution is -2.19. The monoisotopic (exact) mass is 348 g/mol. The van der Waals surface area contributed by atoms with E-state index >= 15 is 0 Å². The molecule has 0 saturated heterocycles. The summed E-state index contributed by atoms with van der Waals surface area (Å²) in [5.74, 6) is 0. The molecule has 3 rings (SSSR count). The first-order valence-electron chi connectivity index (χ1n) is 9.31. The molecule has 25 heavy (non-hydrogen) atoms. The molecular formula is C24H28S. The Hall–Kier alpha value is -1.99. The van der Waals surface area contributed by atoms with Gasteiger partial charge in [0.05, 0.1) is 0 Å². The maximum Gasteiger partial charge on any atom is 0.000432 e. The molecule has 0 aliphatic carbocycles. The highest BCUT2D eigenvalue weighted by Gasteiger charge is 2.37. The van der Waals surface area contributed by atoms with Gasteiger partial charge in [-0.05, 0) is 63.9 Å². The highest BCUT2D eigenvalue weighted by Crippen LogP contribution is 2.72. The summed E-state index contributed by atoms with van der Waals surface area (Å²) in [4.78, 5) is 4.44. The third-order valence-corrected chi connectivity index (χ3v) is 9.53. The average molecular weight is 349 g/mol. The highest BCUT2D eigenvalue weighted by molar-refractivity contribution is 8.34. The Morgan fingerprint density at radius 1 is 0.600 bits per heavy atom. The Labute approximate surface area is 154 Å². The molecule has 1 unspecified atom stereocenters. The molecule has 3 aromatic carbocycles. The third kappa shape index (κ3) is 3.39. The van der Waals surface area contributed by atoms with E-state index in [0.717, 1.165) is 0 Å². The van der Waals surface area contributed by atoms with Gasteiger partial charge in [-0.25, -0.2) is 0 Å². The van der Waals surface area contributed by atoms with Gasteiger partial charge >= 0.3 is 0 Å². The molecule has 0 aliphatic rings. The second-order valence-electron chi connectivity index (χ2n) is 6.42. The third-order valence-electron chi connectivity index (χ3n) is 4.91. The van der Waals surface area contributed by atoms with Crippen molar-refractivity contribution >= 4 is 10.0 Å². The van der Waals surface area contributed by atoms with E-state index in [-0.39, 0.29) is 0 Å². The van der Waals surface area contributed by atoms with Gasteiger partial charge < -0.3 is 0 Å². The Morgan fingerprint density at radius 2 is 0.960 bits per heavy atom. The molecule has 3 aromatic rings. The van der Waals surface area contributed by atoms with E-state index in [2.05, 4.69) is 105 Å². The van der Waals surface area contributed by atoms with E-state index in [0.29, 0.717) is 5.25 Å². The zero-order valence-electron chi connectivity index (χ0n) is 15.3. The van der Waals surface area contributed by atoms with Crippen LogP contribution in [0.25, 0.3) is 0 Å².